The second-order valence-electron chi connectivity index (χ2n) is 3.60. The van der Waals surface area contributed by atoms with Crippen molar-refractivity contribution < 1.29 is 9.59 Å². The molecule has 4 nitrogen and oxygen atoms in total. The van der Waals surface area contributed by atoms with Gasteiger partial charge in [-0.05, 0) is 23.9 Å². The molecule has 0 atom stereocenters. The molecule has 1 aromatic rings. The molecule has 2 amide bonds. The highest BCUT2D eigenvalue weighted by atomic mass is 32.2. The van der Waals surface area contributed by atoms with E-state index in [-0.39, 0.29) is 11.8 Å². The molecule has 1 heterocycles. The second-order valence-corrected chi connectivity index (χ2v) is 5.27. The van der Waals surface area contributed by atoms with Gasteiger partial charge in [-0.3, -0.25) is 15.0 Å². The second kappa shape index (κ2) is 5.32. The molecule has 0 aromatic heterocycles. The minimum absolute atomic E-state index is 0.302. The van der Waals surface area contributed by atoms with E-state index in [0.717, 1.165) is 10.6 Å². The quantitative estimate of drug-likeness (QED) is 0.663. The summed E-state index contributed by atoms with van der Waals surface area (Å²) in [4.78, 5) is 23.5. The molecule has 1 aromatic carbocycles. The van der Waals surface area contributed by atoms with Crippen LogP contribution < -0.4 is 5.43 Å². The van der Waals surface area contributed by atoms with Crippen LogP contribution in [-0.2, 0) is 9.59 Å². The molecular formula is C12H10N2O2S2. The minimum Gasteiger partial charge on any atom is -0.274 e. The van der Waals surface area contributed by atoms with Crippen LogP contribution in [-0.4, -0.2) is 21.1 Å². The first-order valence-electron chi connectivity index (χ1n) is 5.18. The van der Waals surface area contributed by atoms with E-state index in [1.807, 2.05) is 30.3 Å². The summed E-state index contributed by atoms with van der Waals surface area (Å²) in [6.45, 7) is 1.33. The summed E-state index contributed by atoms with van der Waals surface area (Å²) >= 11 is 6.21. The fourth-order valence-corrected chi connectivity index (χ4v) is 2.60. The topological polar surface area (TPSA) is 49.4 Å². The Bertz CT molecular complexity index is 540. The molecule has 0 bridgehead atoms. The van der Waals surface area contributed by atoms with Gasteiger partial charge in [0.05, 0.1) is 4.91 Å². The van der Waals surface area contributed by atoms with Crippen LogP contribution in [0.5, 0.6) is 0 Å². The van der Waals surface area contributed by atoms with Gasteiger partial charge >= 0.3 is 0 Å². The smallest absolute Gasteiger partial charge is 0.274 e. The Morgan fingerprint density at radius 2 is 2.06 bits per heavy atom. The van der Waals surface area contributed by atoms with Crippen LogP contribution in [0.15, 0.2) is 35.2 Å². The van der Waals surface area contributed by atoms with Crippen molar-refractivity contribution in [2.75, 3.05) is 0 Å². The van der Waals surface area contributed by atoms with Crippen LogP contribution in [0.3, 0.4) is 0 Å². The fraction of sp³-hybridized carbons (Fsp3) is 0.0833. The molecule has 1 aliphatic rings. The lowest BCUT2D eigenvalue weighted by Gasteiger charge is -2.13. The Morgan fingerprint density at radius 3 is 2.67 bits per heavy atom. The zero-order chi connectivity index (χ0) is 13.1. The van der Waals surface area contributed by atoms with Crippen LogP contribution in [0, 0.1) is 0 Å². The van der Waals surface area contributed by atoms with Gasteiger partial charge in [0, 0.05) is 6.92 Å². The zero-order valence-electron chi connectivity index (χ0n) is 9.54. The summed E-state index contributed by atoms with van der Waals surface area (Å²) in [6.07, 6.45) is 1.75. The molecule has 92 valence electrons. The van der Waals surface area contributed by atoms with Gasteiger partial charge in [0.25, 0.3) is 5.91 Å². The summed E-state index contributed by atoms with van der Waals surface area (Å²) in [5, 5.41) is 1.09. The predicted molar refractivity (Wildman–Crippen MR) is 75.3 cm³/mol. The lowest BCUT2D eigenvalue weighted by Crippen LogP contribution is -2.43. The molecule has 0 saturated carbocycles. The highest BCUT2D eigenvalue weighted by molar-refractivity contribution is 8.26. The van der Waals surface area contributed by atoms with E-state index in [0.29, 0.717) is 9.23 Å². The SMILES string of the molecule is CC(=O)NN1C(=O)C(=Cc2ccccc2)SC1=S. The Hall–Kier alpha value is -1.66. The molecule has 1 saturated heterocycles. The number of rotatable bonds is 2. The molecule has 1 fully saturated rings. The third-order valence-electron chi connectivity index (χ3n) is 2.16. The first-order valence-corrected chi connectivity index (χ1v) is 6.40. The summed E-state index contributed by atoms with van der Waals surface area (Å²) in [5.74, 6) is -0.628. The van der Waals surface area contributed by atoms with Gasteiger partial charge in [-0.25, -0.2) is 0 Å². The lowest BCUT2D eigenvalue weighted by atomic mass is 10.2. The number of amides is 2. The number of thioether (sulfide) groups is 1. The maximum atomic E-state index is 12.0. The molecule has 1 N–H and O–H groups in total. The normalized spacial score (nSPS) is 17.4. The average molecular weight is 278 g/mol. The molecule has 0 radical (unpaired) electrons. The van der Waals surface area contributed by atoms with Crippen molar-refractivity contribution in [3.05, 3.63) is 40.8 Å². The molecule has 2 rings (SSSR count). The van der Waals surface area contributed by atoms with Gasteiger partial charge in [0.2, 0.25) is 5.91 Å². The van der Waals surface area contributed by atoms with Crippen LogP contribution in [0.2, 0.25) is 0 Å². The van der Waals surface area contributed by atoms with E-state index >= 15 is 0 Å². The third-order valence-corrected chi connectivity index (χ3v) is 3.46. The maximum absolute atomic E-state index is 12.0. The Morgan fingerprint density at radius 1 is 1.39 bits per heavy atom. The third kappa shape index (κ3) is 2.77. The van der Waals surface area contributed by atoms with Crippen LogP contribution in [0.4, 0.5) is 0 Å². The van der Waals surface area contributed by atoms with E-state index in [1.54, 1.807) is 6.08 Å². The first-order chi connectivity index (χ1) is 8.58. The van der Waals surface area contributed by atoms with E-state index in [9.17, 15) is 9.59 Å². The van der Waals surface area contributed by atoms with Crippen molar-refractivity contribution in [2.45, 2.75) is 6.92 Å². The Kier molecular flexibility index (Phi) is 3.78. The van der Waals surface area contributed by atoms with E-state index in [2.05, 4.69) is 5.43 Å². The number of thiocarbonyl (C=S) groups is 1. The monoisotopic (exact) mass is 278 g/mol. The molecule has 6 heteroatoms. The van der Waals surface area contributed by atoms with Gasteiger partial charge in [-0.2, -0.15) is 5.01 Å². The lowest BCUT2D eigenvalue weighted by molar-refractivity contribution is -0.131. The number of hydrogen-bond donors (Lipinski definition) is 1. The Balaban J connectivity index is 2.23. The van der Waals surface area contributed by atoms with E-state index in [4.69, 9.17) is 12.2 Å². The summed E-state index contributed by atoms with van der Waals surface area (Å²) in [6, 6.07) is 9.47. The standard InChI is InChI=1S/C12H10N2O2S2/c1-8(15)13-14-11(16)10(18-12(14)17)7-9-5-3-2-4-6-9/h2-7H,1H3,(H,13,15). The van der Waals surface area contributed by atoms with E-state index < -0.39 is 0 Å². The summed E-state index contributed by atoms with van der Waals surface area (Å²) in [7, 11) is 0. The molecule has 0 aliphatic carbocycles. The van der Waals surface area contributed by atoms with Crippen LogP contribution >= 0.6 is 24.0 Å². The van der Waals surface area contributed by atoms with Crippen LogP contribution in [0.1, 0.15) is 12.5 Å². The highest BCUT2D eigenvalue weighted by Gasteiger charge is 2.32. The van der Waals surface area contributed by atoms with Crippen molar-refractivity contribution >= 4 is 46.2 Å². The van der Waals surface area contributed by atoms with Crippen molar-refractivity contribution in [3.63, 3.8) is 0 Å². The van der Waals surface area contributed by atoms with Gasteiger partial charge in [0.1, 0.15) is 0 Å². The van der Waals surface area contributed by atoms with Crippen molar-refractivity contribution in [1.82, 2.24) is 10.4 Å². The Labute approximate surface area is 114 Å². The van der Waals surface area contributed by atoms with Crippen molar-refractivity contribution in [2.24, 2.45) is 0 Å². The fourth-order valence-electron chi connectivity index (χ4n) is 1.42. The molecule has 1 aliphatic heterocycles. The average Bonchev–Trinajstić information content (AvgIpc) is 2.58. The first kappa shape index (κ1) is 12.8. The number of benzene rings is 1. The summed E-state index contributed by atoms with van der Waals surface area (Å²) < 4.78 is 0.331. The van der Waals surface area contributed by atoms with Gasteiger partial charge in [-0.1, -0.05) is 42.1 Å². The largest absolute Gasteiger partial charge is 0.285 e. The number of carbonyl (C=O) groups is 2. The minimum atomic E-state index is -0.327. The molecule has 18 heavy (non-hydrogen) atoms. The highest BCUT2D eigenvalue weighted by Crippen LogP contribution is 2.31. The van der Waals surface area contributed by atoms with E-state index in [1.165, 1.54) is 18.7 Å². The number of nitrogens with zero attached hydrogens (tertiary/aromatic N) is 1. The van der Waals surface area contributed by atoms with Crippen molar-refractivity contribution in [3.8, 4) is 0 Å². The zero-order valence-corrected chi connectivity index (χ0v) is 11.2. The summed E-state index contributed by atoms with van der Waals surface area (Å²) in [5.41, 5.74) is 3.32. The van der Waals surface area contributed by atoms with Gasteiger partial charge in [0.15, 0.2) is 4.32 Å². The molecule has 0 unspecified atom stereocenters. The predicted octanol–water partition coefficient (Wildman–Crippen LogP) is 1.94. The number of carbonyl (C=O) groups excluding carboxylic acids is 2. The molecular weight excluding hydrogens is 268 g/mol. The number of hydrazine groups is 1. The maximum Gasteiger partial charge on any atom is 0.285 e. The van der Waals surface area contributed by atoms with Gasteiger partial charge in [-0.15, -0.1) is 0 Å². The van der Waals surface area contributed by atoms with Crippen molar-refractivity contribution in [1.29, 1.82) is 0 Å². The van der Waals surface area contributed by atoms with Gasteiger partial charge < -0.3 is 0 Å². The number of hydrogen-bond acceptors (Lipinski definition) is 4. The van der Waals surface area contributed by atoms with Crippen LogP contribution in [0.25, 0.3) is 6.08 Å². The number of nitrogens with one attached hydrogen (secondary N) is 1. The molecule has 0 spiro atoms.